The summed E-state index contributed by atoms with van der Waals surface area (Å²) in [4.78, 5) is 24.6. The first-order valence-corrected chi connectivity index (χ1v) is 9.09. The van der Waals surface area contributed by atoms with Gasteiger partial charge in [-0.2, -0.15) is 0 Å². The number of urea groups is 1. The zero-order chi connectivity index (χ0) is 20.8. The van der Waals surface area contributed by atoms with Gasteiger partial charge in [0.05, 0.1) is 19.8 Å². The Morgan fingerprint density at radius 2 is 1.55 bits per heavy atom. The van der Waals surface area contributed by atoms with Crippen LogP contribution in [0.25, 0.3) is 11.1 Å². The number of imide groups is 1. The zero-order valence-corrected chi connectivity index (χ0v) is 16.6. The lowest BCUT2D eigenvalue weighted by Crippen LogP contribution is -2.34. The van der Waals surface area contributed by atoms with Crippen LogP contribution in [0.3, 0.4) is 0 Å². The molecule has 0 bridgehead atoms. The van der Waals surface area contributed by atoms with E-state index in [9.17, 15) is 9.59 Å². The molecule has 0 saturated heterocycles. The molecule has 0 unspecified atom stereocenters. The van der Waals surface area contributed by atoms with Crippen molar-refractivity contribution in [1.82, 2.24) is 5.32 Å². The van der Waals surface area contributed by atoms with Crippen molar-refractivity contribution in [2.24, 2.45) is 0 Å². The minimum atomic E-state index is -0.665. The molecular formula is C22H19ClN2O4. The van der Waals surface area contributed by atoms with E-state index in [4.69, 9.17) is 21.1 Å². The monoisotopic (exact) mass is 410 g/mol. The molecule has 3 aromatic rings. The van der Waals surface area contributed by atoms with Gasteiger partial charge < -0.3 is 14.8 Å². The molecule has 3 amide bonds. The third-order valence-corrected chi connectivity index (χ3v) is 4.45. The molecule has 0 fully saturated rings. The summed E-state index contributed by atoms with van der Waals surface area (Å²) in [6.45, 7) is 0. The molecule has 0 aliphatic rings. The molecule has 2 N–H and O–H groups in total. The van der Waals surface area contributed by atoms with E-state index < -0.39 is 11.9 Å². The van der Waals surface area contributed by atoms with E-state index in [1.54, 1.807) is 55.6 Å². The molecule has 0 aliphatic heterocycles. The molecule has 0 aromatic heterocycles. The van der Waals surface area contributed by atoms with Gasteiger partial charge in [-0.05, 0) is 42.0 Å². The highest BCUT2D eigenvalue weighted by molar-refractivity contribution is 6.30. The van der Waals surface area contributed by atoms with Crippen LogP contribution in [0.1, 0.15) is 10.4 Å². The molecular weight excluding hydrogens is 392 g/mol. The number of rotatable bonds is 5. The van der Waals surface area contributed by atoms with E-state index in [0.717, 1.165) is 11.1 Å². The summed E-state index contributed by atoms with van der Waals surface area (Å²) in [5.41, 5.74) is 2.51. The van der Waals surface area contributed by atoms with Crippen molar-refractivity contribution in [1.29, 1.82) is 0 Å². The van der Waals surface area contributed by atoms with E-state index in [1.165, 1.54) is 7.11 Å². The minimum absolute atomic E-state index is 0.265. The molecule has 0 radical (unpaired) electrons. The predicted molar refractivity (Wildman–Crippen MR) is 113 cm³/mol. The number of para-hydroxylation sites is 1. The number of amides is 3. The Morgan fingerprint density at radius 3 is 2.24 bits per heavy atom. The smallest absolute Gasteiger partial charge is 0.326 e. The molecule has 0 spiro atoms. The number of hydrogen-bond acceptors (Lipinski definition) is 4. The van der Waals surface area contributed by atoms with E-state index in [2.05, 4.69) is 10.6 Å². The van der Waals surface area contributed by atoms with Gasteiger partial charge in [0.15, 0.2) is 0 Å². The number of ether oxygens (including phenoxy) is 2. The maximum atomic E-state index is 12.3. The van der Waals surface area contributed by atoms with Crippen LogP contribution in [-0.2, 0) is 0 Å². The van der Waals surface area contributed by atoms with Crippen molar-refractivity contribution in [2.75, 3.05) is 19.5 Å². The highest BCUT2D eigenvalue weighted by atomic mass is 35.5. The Bertz CT molecular complexity index is 1040. The van der Waals surface area contributed by atoms with E-state index >= 15 is 0 Å². The van der Waals surface area contributed by atoms with Crippen molar-refractivity contribution in [3.05, 3.63) is 77.3 Å². The first-order valence-electron chi connectivity index (χ1n) is 8.71. The fourth-order valence-corrected chi connectivity index (χ4v) is 2.93. The molecule has 0 atom stereocenters. The summed E-state index contributed by atoms with van der Waals surface area (Å²) in [6, 6.07) is 18.5. The highest BCUT2D eigenvalue weighted by Gasteiger charge is 2.15. The van der Waals surface area contributed by atoms with Crippen molar-refractivity contribution in [2.45, 2.75) is 0 Å². The number of benzene rings is 3. The second-order valence-corrected chi connectivity index (χ2v) is 6.47. The van der Waals surface area contributed by atoms with Crippen LogP contribution in [0.2, 0.25) is 5.02 Å². The van der Waals surface area contributed by atoms with Gasteiger partial charge in [0, 0.05) is 22.3 Å². The molecule has 29 heavy (non-hydrogen) atoms. The number of nitrogens with one attached hydrogen (secondary N) is 2. The van der Waals surface area contributed by atoms with Crippen LogP contribution in [-0.4, -0.2) is 26.2 Å². The lowest BCUT2D eigenvalue weighted by molar-refractivity contribution is 0.0964. The van der Waals surface area contributed by atoms with Gasteiger partial charge in [-0.1, -0.05) is 35.9 Å². The predicted octanol–water partition coefficient (Wildman–Crippen LogP) is 4.99. The summed E-state index contributed by atoms with van der Waals surface area (Å²) >= 11 is 5.94. The summed E-state index contributed by atoms with van der Waals surface area (Å²) in [6.07, 6.45) is 0. The largest absolute Gasteiger partial charge is 0.496 e. The summed E-state index contributed by atoms with van der Waals surface area (Å²) in [7, 11) is 3.00. The molecule has 3 rings (SSSR count). The topological polar surface area (TPSA) is 76.7 Å². The lowest BCUT2D eigenvalue weighted by Gasteiger charge is -2.13. The fourth-order valence-electron chi connectivity index (χ4n) is 2.80. The Balaban J connectivity index is 1.73. The summed E-state index contributed by atoms with van der Waals surface area (Å²) in [5.74, 6) is 0.387. The van der Waals surface area contributed by atoms with E-state index in [-0.39, 0.29) is 5.56 Å². The van der Waals surface area contributed by atoms with Gasteiger partial charge >= 0.3 is 6.03 Å². The second kappa shape index (κ2) is 9.12. The summed E-state index contributed by atoms with van der Waals surface area (Å²) in [5, 5.41) is 5.56. The molecule has 7 heteroatoms. The number of methoxy groups -OCH3 is 2. The van der Waals surface area contributed by atoms with Gasteiger partial charge in [0.25, 0.3) is 5.91 Å². The third-order valence-electron chi connectivity index (χ3n) is 4.19. The number of carbonyl (C=O) groups is 2. The Kier molecular flexibility index (Phi) is 6.36. The SMILES string of the molecule is COc1ccccc1C(=O)NC(=O)Nc1ccc(-c2ccc(Cl)cc2)c(OC)c1. The third kappa shape index (κ3) is 4.86. The van der Waals surface area contributed by atoms with Gasteiger partial charge in [0.2, 0.25) is 0 Å². The van der Waals surface area contributed by atoms with Gasteiger partial charge in [-0.15, -0.1) is 0 Å². The number of anilines is 1. The first kappa shape index (κ1) is 20.2. The van der Waals surface area contributed by atoms with Crippen molar-refractivity contribution >= 4 is 29.2 Å². The number of hydrogen-bond donors (Lipinski definition) is 2. The van der Waals surface area contributed by atoms with Crippen LogP contribution < -0.4 is 20.1 Å². The first-order chi connectivity index (χ1) is 14.0. The van der Waals surface area contributed by atoms with Gasteiger partial charge in [0.1, 0.15) is 11.5 Å². The summed E-state index contributed by atoms with van der Waals surface area (Å²) < 4.78 is 10.6. The van der Waals surface area contributed by atoms with Crippen molar-refractivity contribution in [3.63, 3.8) is 0 Å². The average Bonchev–Trinajstić information content (AvgIpc) is 2.74. The maximum Gasteiger partial charge on any atom is 0.326 e. The Hall–Kier alpha value is -3.51. The Labute approximate surface area is 173 Å². The van der Waals surface area contributed by atoms with E-state index in [0.29, 0.717) is 22.2 Å². The van der Waals surface area contributed by atoms with Crippen LogP contribution >= 0.6 is 11.6 Å². The van der Waals surface area contributed by atoms with Crippen LogP contribution in [0.5, 0.6) is 11.5 Å². The van der Waals surface area contributed by atoms with Crippen LogP contribution in [0.15, 0.2) is 66.7 Å². The van der Waals surface area contributed by atoms with Gasteiger partial charge in [-0.3, -0.25) is 10.1 Å². The van der Waals surface area contributed by atoms with Gasteiger partial charge in [-0.25, -0.2) is 4.79 Å². The number of carbonyl (C=O) groups excluding carboxylic acids is 2. The van der Waals surface area contributed by atoms with Crippen LogP contribution in [0, 0.1) is 0 Å². The lowest BCUT2D eigenvalue weighted by atomic mass is 10.0. The molecule has 0 heterocycles. The zero-order valence-electron chi connectivity index (χ0n) is 15.9. The van der Waals surface area contributed by atoms with Crippen molar-refractivity contribution in [3.8, 4) is 22.6 Å². The average molecular weight is 411 g/mol. The minimum Gasteiger partial charge on any atom is -0.496 e. The standard InChI is InChI=1S/C22H19ClN2O4/c1-28-19-6-4-3-5-18(19)21(26)25-22(27)24-16-11-12-17(20(13-16)29-2)14-7-9-15(23)10-8-14/h3-13H,1-2H3,(H2,24,25,26,27). The highest BCUT2D eigenvalue weighted by Crippen LogP contribution is 2.33. The maximum absolute atomic E-state index is 12.3. The Morgan fingerprint density at radius 1 is 0.862 bits per heavy atom. The van der Waals surface area contributed by atoms with Crippen molar-refractivity contribution < 1.29 is 19.1 Å². The van der Waals surface area contributed by atoms with E-state index in [1.807, 2.05) is 18.2 Å². The molecule has 0 aliphatic carbocycles. The normalized spacial score (nSPS) is 10.2. The second-order valence-electron chi connectivity index (χ2n) is 6.03. The molecule has 3 aromatic carbocycles. The van der Waals surface area contributed by atoms with Crippen LogP contribution in [0.4, 0.5) is 10.5 Å². The molecule has 0 saturated carbocycles. The molecule has 148 valence electrons. The quantitative estimate of drug-likeness (QED) is 0.621. The fraction of sp³-hybridized carbons (Fsp3) is 0.0909. The molecule has 6 nitrogen and oxygen atoms in total. The number of halogens is 1.